The number of rotatable bonds is 11. The highest BCUT2D eigenvalue weighted by atomic mass is 19.4. The van der Waals surface area contributed by atoms with Crippen LogP contribution < -0.4 is 5.32 Å². The Morgan fingerprint density at radius 2 is 1.65 bits per heavy atom. The van der Waals surface area contributed by atoms with E-state index >= 15 is 0 Å². The van der Waals surface area contributed by atoms with Gasteiger partial charge in [0.25, 0.3) is 5.91 Å². The normalized spacial score (nSPS) is 13.1. The zero-order valence-electron chi connectivity index (χ0n) is 21.6. The quantitative estimate of drug-likeness (QED) is 0.157. The van der Waals surface area contributed by atoms with Crippen molar-refractivity contribution in [1.82, 2.24) is 15.2 Å². The number of hydrogen-bond acceptors (Lipinski definition) is 3. The van der Waals surface area contributed by atoms with Crippen LogP contribution in [0.5, 0.6) is 0 Å². The molecule has 216 valence electrons. The molecule has 1 aromatic heterocycles. The van der Waals surface area contributed by atoms with Crippen molar-refractivity contribution < 1.29 is 41.0 Å². The Hall–Kier alpha value is -3.80. The molecule has 0 aliphatic carbocycles. The number of nitrogens with one attached hydrogen (secondary N) is 2. The SMILES string of the molecule is CN(C(=O)c1cc(C(F)(F)F)cc(C(F)(F)F)c1)C(C=CC(=O)NCCCCCO)Cc1c[nH]c2ccccc12. The number of aromatic amines is 1. The number of nitrogens with zero attached hydrogens (tertiary/aromatic N) is 1. The predicted molar refractivity (Wildman–Crippen MR) is 137 cm³/mol. The Morgan fingerprint density at radius 1 is 1.00 bits per heavy atom. The summed E-state index contributed by atoms with van der Waals surface area (Å²) < 4.78 is 80.3. The molecule has 3 N–H and O–H groups in total. The summed E-state index contributed by atoms with van der Waals surface area (Å²) in [5, 5.41) is 12.3. The fraction of sp³-hybridized carbons (Fsp3) is 0.357. The minimum atomic E-state index is -5.10. The van der Waals surface area contributed by atoms with Crippen molar-refractivity contribution >= 4 is 22.7 Å². The van der Waals surface area contributed by atoms with Gasteiger partial charge in [0.15, 0.2) is 0 Å². The van der Waals surface area contributed by atoms with Gasteiger partial charge in [0, 0.05) is 48.9 Å². The van der Waals surface area contributed by atoms with Gasteiger partial charge in [-0.15, -0.1) is 0 Å². The Bertz CT molecular complexity index is 1310. The molecule has 0 aliphatic heterocycles. The second kappa shape index (κ2) is 13.0. The average Bonchev–Trinajstić information content (AvgIpc) is 3.31. The molecule has 0 bridgehead atoms. The van der Waals surface area contributed by atoms with Crippen LogP contribution in [0.2, 0.25) is 0 Å². The van der Waals surface area contributed by atoms with Crippen LogP contribution in [0.1, 0.15) is 46.3 Å². The second-order valence-electron chi connectivity index (χ2n) is 9.28. The summed E-state index contributed by atoms with van der Waals surface area (Å²) in [5.74, 6) is -1.55. The van der Waals surface area contributed by atoms with E-state index in [2.05, 4.69) is 10.3 Å². The molecule has 12 heteroatoms. The molecule has 0 spiro atoms. The first-order chi connectivity index (χ1) is 18.8. The third-order valence-electron chi connectivity index (χ3n) is 6.36. The Morgan fingerprint density at radius 3 is 2.27 bits per heavy atom. The number of aliphatic hydroxyl groups is 1. The first-order valence-corrected chi connectivity index (χ1v) is 12.5. The number of hydrogen-bond donors (Lipinski definition) is 3. The van der Waals surface area contributed by atoms with E-state index in [9.17, 15) is 35.9 Å². The van der Waals surface area contributed by atoms with Crippen molar-refractivity contribution in [1.29, 1.82) is 0 Å². The van der Waals surface area contributed by atoms with Crippen molar-refractivity contribution in [2.24, 2.45) is 0 Å². The summed E-state index contributed by atoms with van der Waals surface area (Å²) in [5.41, 5.74) is -2.45. The van der Waals surface area contributed by atoms with Gasteiger partial charge in [0.1, 0.15) is 0 Å². The first kappa shape index (κ1) is 30.7. The lowest BCUT2D eigenvalue weighted by molar-refractivity contribution is -0.143. The molecule has 3 aromatic rings. The molecule has 0 radical (unpaired) electrons. The van der Waals surface area contributed by atoms with E-state index in [-0.39, 0.29) is 19.1 Å². The summed E-state index contributed by atoms with van der Waals surface area (Å²) >= 11 is 0. The summed E-state index contributed by atoms with van der Waals surface area (Å²) in [6.07, 6.45) is -3.89. The summed E-state index contributed by atoms with van der Waals surface area (Å²) in [7, 11) is 1.26. The number of benzene rings is 2. The van der Waals surface area contributed by atoms with Crippen molar-refractivity contribution in [3.8, 4) is 0 Å². The molecule has 1 heterocycles. The third kappa shape index (κ3) is 8.10. The van der Waals surface area contributed by atoms with Crippen LogP contribution in [0, 0.1) is 0 Å². The number of unbranched alkanes of at least 4 members (excludes halogenated alkanes) is 2. The molecular weight excluding hydrogens is 540 g/mol. The van der Waals surface area contributed by atoms with Crippen LogP contribution in [0.4, 0.5) is 26.3 Å². The standard InChI is InChI=1S/C28H29F6N3O3/c1-37(26(40)18-13-20(27(29,30)31)16-21(14-18)28(32,33)34)22(9-10-25(39)35-11-5-2-6-12-38)15-19-17-36-24-8-4-3-7-23(19)24/h3-4,7-10,13-14,16-17,22,36,38H,2,5-6,11-12,15H2,1H3,(H,35,39). The average molecular weight is 570 g/mol. The molecule has 40 heavy (non-hydrogen) atoms. The Kier molecular flexibility index (Phi) is 10.0. The van der Waals surface area contributed by atoms with Gasteiger partial charge in [0.05, 0.1) is 17.2 Å². The molecule has 6 nitrogen and oxygen atoms in total. The Balaban J connectivity index is 1.92. The molecule has 0 saturated carbocycles. The number of likely N-dealkylation sites (N-methyl/N-ethyl adjacent to an activating group) is 1. The molecule has 3 rings (SSSR count). The fourth-order valence-corrected chi connectivity index (χ4v) is 4.18. The number of H-pyrrole nitrogens is 1. The minimum Gasteiger partial charge on any atom is -0.396 e. The lowest BCUT2D eigenvalue weighted by Gasteiger charge is -2.27. The number of aromatic nitrogens is 1. The summed E-state index contributed by atoms with van der Waals surface area (Å²) in [4.78, 5) is 29.7. The molecule has 0 saturated heterocycles. The van der Waals surface area contributed by atoms with Gasteiger partial charge in [0.2, 0.25) is 5.91 Å². The molecule has 2 amide bonds. The van der Waals surface area contributed by atoms with Gasteiger partial charge < -0.3 is 20.3 Å². The van der Waals surface area contributed by atoms with E-state index in [0.717, 1.165) is 21.4 Å². The van der Waals surface area contributed by atoms with E-state index in [1.165, 1.54) is 19.2 Å². The number of aliphatic hydroxyl groups excluding tert-OH is 1. The monoisotopic (exact) mass is 569 g/mol. The minimum absolute atomic E-state index is 0.0367. The highest BCUT2D eigenvalue weighted by Crippen LogP contribution is 2.36. The molecule has 0 fully saturated rings. The fourth-order valence-electron chi connectivity index (χ4n) is 4.18. The maximum atomic E-state index is 13.4. The van der Waals surface area contributed by atoms with Gasteiger partial charge in [-0.3, -0.25) is 9.59 Å². The molecular formula is C28H29F6N3O3. The number of alkyl halides is 6. The van der Waals surface area contributed by atoms with Gasteiger partial charge in [-0.05, 0) is 55.5 Å². The second-order valence-corrected chi connectivity index (χ2v) is 9.28. The predicted octanol–water partition coefficient (Wildman–Crippen LogP) is 5.72. The molecule has 1 unspecified atom stereocenters. The van der Waals surface area contributed by atoms with Crippen molar-refractivity contribution in [3.05, 3.63) is 83.1 Å². The highest BCUT2D eigenvalue weighted by Gasteiger charge is 2.38. The number of halogens is 6. The largest absolute Gasteiger partial charge is 0.416 e. The first-order valence-electron chi connectivity index (χ1n) is 12.5. The maximum Gasteiger partial charge on any atom is 0.416 e. The number of carbonyl (C=O) groups is 2. The van der Waals surface area contributed by atoms with Gasteiger partial charge >= 0.3 is 12.4 Å². The van der Waals surface area contributed by atoms with Crippen molar-refractivity contribution in [3.63, 3.8) is 0 Å². The highest BCUT2D eigenvalue weighted by molar-refractivity contribution is 5.95. The third-order valence-corrected chi connectivity index (χ3v) is 6.36. The molecule has 1 atom stereocenters. The summed E-state index contributed by atoms with van der Waals surface area (Å²) in [6.45, 7) is 0.385. The van der Waals surface area contributed by atoms with Gasteiger partial charge in [-0.1, -0.05) is 24.3 Å². The number of para-hydroxylation sites is 1. The van der Waals surface area contributed by atoms with E-state index in [1.807, 2.05) is 18.2 Å². The van der Waals surface area contributed by atoms with Crippen LogP contribution in [0.25, 0.3) is 10.9 Å². The zero-order valence-corrected chi connectivity index (χ0v) is 21.6. The van der Waals surface area contributed by atoms with Gasteiger partial charge in [-0.25, -0.2) is 0 Å². The van der Waals surface area contributed by atoms with E-state index in [0.29, 0.717) is 37.9 Å². The number of carbonyl (C=O) groups excluding carboxylic acids is 2. The van der Waals surface area contributed by atoms with Crippen molar-refractivity contribution in [2.75, 3.05) is 20.2 Å². The maximum absolute atomic E-state index is 13.4. The van der Waals surface area contributed by atoms with Crippen LogP contribution >= 0.6 is 0 Å². The molecule has 2 aromatic carbocycles. The topological polar surface area (TPSA) is 85.4 Å². The van der Waals surface area contributed by atoms with Crippen LogP contribution in [-0.4, -0.2) is 53.0 Å². The number of amides is 2. The lowest BCUT2D eigenvalue weighted by Crippen LogP contribution is -2.38. The zero-order chi connectivity index (χ0) is 29.5. The van der Waals surface area contributed by atoms with E-state index < -0.39 is 46.9 Å². The lowest BCUT2D eigenvalue weighted by atomic mass is 10.0. The van der Waals surface area contributed by atoms with Crippen LogP contribution in [0.15, 0.2) is 60.8 Å². The summed E-state index contributed by atoms with van der Waals surface area (Å²) in [6, 6.07) is 7.10. The van der Waals surface area contributed by atoms with Crippen molar-refractivity contribution in [2.45, 2.75) is 44.1 Å². The van der Waals surface area contributed by atoms with E-state index in [1.54, 1.807) is 12.3 Å². The van der Waals surface area contributed by atoms with Crippen LogP contribution in [0.3, 0.4) is 0 Å². The van der Waals surface area contributed by atoms with Crippen LogP contribution in [-0.2, 0) is 23.6 Å². The Labute approximate surface area is 226 Å². The van der Waals surface area contributed by atoms with Gasteiger partial charge in [-0.2, -0.15) is 26.3 Å². The smallest absolute Gasteiger partial charge is 0.396 e. The molecule has 0 aliphatic rings. The van der Waals surface area contributed by atoms with E-state index in [4.69, 9.17) is 5.11 Å². The number of fused-ring (bicyclic) bond motifs is 1.